The number of nitrogens with one attached hydrogen (secondary N) is 1. The molecule has 0 aliphatic carbocycles. The van der Waals surface area contributed by atoms with E-state index in [4.69, 9.17) is 6.42 Å². The molecule has 0 spiro atoms. The average Bonchev–Trinajstić information content (AvgIpc) is 2.42. The van der Waals surface area contributed by atoms with E-state index in [9.17, 15) is 0 Å². The molecular formula is C10H14N2S. The SMILES string of the molecule is C#CC(C)NCc1nc(C)c(C)s1. The zero-order valence-corrected chi connectivity index (χ0v) is 9.03. The zero-order valence-electron chi connectivity index (χ0n) is 8.22. The number of hydrogen-bond acceptors (Lipinski definition) is 3. The van der Waals surface area contributed by atoms with Crippen LogP contribution in [0.25, 0.3) is 0 Å². The molecule has 70 valence electrons. The molecule has 0 aliphatic rings. The Kier molecular flexibility index (Phi) is 3.47. The third-order valence-electron chi connectivity index (χ3n) is 1.88. The van der Waals surface area contributed by atoms with Gasteiger partial charge in [0.15, 0.2) is 0 Å². The van der Waals surface area contributed by atoms with Crippen LogP contribution in [0.4, 0.5) is 0 Å². The molecule has 3 heteroatoms. The van der Waals surface area contributed by atoms with Gasteiger partial charge in [-0.05, 0) is 20.8 Å². The lowest BCUT2D eigenvalue weighted by atomic mass is 10.3. The summed E-state index contributed by atoms with van der Waals surface area (Å²) in [6, 6.07) is 0.115. The Balaban J connectivity index is 2.51. The fourth-order valence-corrected chi connectivity index (χ4v) is 1.80. The van der Waals surface area contributed by atoms with E-state index >= 15 is 0 Å². The minimum absolute atomic E-state index is 0.115. The summed E-state index contributed by atoms with van der Waals surface area (Å²) in [5.41, 5.74) is 1.12. The Bertz CT molecular complexity index is 303. The number of nitrogens with zero attached hydrogens (tertiary/aromatic N) is 1. The molecular weight excluding hydrogens is 180 g/mol. The molecule has 1 rings (SSSR count). The van der Waals surface area contributed by atoms with Gasteiger partial charge in [0.2, 0.25) is 0 Å². The minimum Gasteiger partial charge on any atom is -0.297 e. The lowest BCUT2D eigenvalue weighted by Crippen LogP contribution is -2.23. The van der Waals surface area contributed by atoms with Gasteiger partial charge < -0.3 is 0 Å². The molecule has 0 aromatic carbocycles. The molecule has 1 unspecified atom stereocenters. The summed E-state index contributed by atoms with van der Waals surface area (Å²) < 4.78 is 0. The van der Waals surface area contributed by atoms with E-state index in [1.807, 2.05) is 13.8 Å². The van der Waals surface area contributed by atoms with Crippen LogP contribution < -0.4 is 5.32 Å². The van der Waals surface area contributed by atoms with E-state index in [0.29, 0.717) is 0 Å². The maximum Gasteiger partial charge on any atom is 0.107 e. The molecule has 0 saturated heterocycles. The van der Waals surface area contributed by atoms with Crippen molar-refractivity contribution in [3.8, 4) is 12.3 Å². The fourth-order valence-electron chi connectivity index (χ4n) is 0.914. The van der Waals surface area contributed by atoms with Gasteiger partial charge in [-0.3, -0.25) is 5.32 Å². The van der Waals surface area contributed by atoms with Gasteiger partial charge in [-0.15, -0.1) is 17.8 Å². The Hall–Kier alpha value is -0.850. The monoisotopic (exact) mass is 194 g/mol. The first-order valence-electron chi connectivity index (χ1n) is 4.26. The predicted molar refractivity (Wildman–Crippen MR) is 56.7 cm³/mol. The summed E-state index contributed by atoms with van der Waals surface area (Å²) in [6.07, 6.45) is 5.24. The van der Waals surface area contributed by atoms with Crippen molar-refractivity contribution >= 4 is 11.3 Å². The molecule has 1 aromatic heterocycles. The van der Waals surface area contributed by atoms with Crippen LogP contribution in [0.1, 0.15) is 22.5 Å². The molecule has 0 saturated carbocycles. The van der Waals surface area contributed by atoms with Crippen molar-refractivity contribution < 1.29 is 0 Å². The molecule has 0 bridgehead atoms. The van der Waals surface area contributed by atoms with E-state index < -0.39 is 0 Å². The second-order valence-electron chi connectivity index (χ2n) is 3.02. The Morgan fingerprint density at radius 3 is 2.77 bits per heavy atom. The largest absolute Gasteiger partial charge is 0.297 e. The number of aryl methyl sites for hydroxylation is 2. The summed E-state index contributed by atoms with van der Waals surface area (Å²) in [4.78, 5) is 5.69. The molecule has 2 nitrogen and oxygen atoms in total. The van der Waals surface area contributed by atoms with Crippen molar-refractivity contribution in [2.45, 2.75) is 33.4 Å². The van der Waals surface area contributed by atoms with Crippen molar-refractivity contribution in [2.24, 2.45) is 0 Å². The summed E-state index contributed by atoms with van der Waals surface area (Å²) in [7, 11) is 0. The van der Waals surface area contributed by atoms with Crippen LogP contribution in [0.5, 0.6) is 0 Å². The highest BCUT2D eigenvalue weighted by atomic mass is 32.1. The number of aromatic nitrogens is 1. The van der Waals surface area contributed by atoms with Crippen LogP contribution in [0.3, 0.4) is 0 Å². The first-order valence-corrected chi connectivity index (χ1v) is 5.07. The molecule has 0 aliphatic heterocycles. The van der Waals surface area contributed by atoms with Gasteiger partial charge in [0.05, 0.1) is 11.7 Å². The third-order valence-corrected chi connectivity index (χ3v) is 2.96. The summed E-state index contributed by atoms with van der Waals surface area (Å²) in [6.45, 7) is 6.85. The van der Waals surface area contributed by atoms with Crippen LogP contribution in [0.2, 0.25) is 0 Å². The Morgan fingerprint density at radius 2 is 2.31 bits per heavy atom. The van der Waals surface area contributed by atoms with Crippen LogP contribution in [0, 0.1) is 26.2 Å². The van der Waals surface area contributed by atoms with Crippen LogP contribution in [-0.4, -0.2) is 11.0 Å². The highest BCUT2D eigenvalue weighted by Crippen LogP contribution is 2.15. The van der Waals surface area contributed by atoms with E-state index in [1.54, 1.807) is 11.3 Å². The standard InChI is InChI=1S/C10H14N2S/c1-5-7(2)11-6-10-12-8(3)9(4)13-10/h1,7,11H,6H2,2-4H3. The average molecular weight is 194 g/mol. The van der Waals surface area contributed by atoms with Gasteiger partial charge in [-0.25, -0.2) is 4.98 Å². The first kappa shape index (κ1) is 10.2. The highest BCUT2D eigenvalue weighted by molar-refractivity contribution is 7.11. The molecule has 0 radical (unpaired) electrons. The third kappa shape index (κ3) is 2.83. The lowest BCUT2D eigenvalue weighted by molar-refractivity contribution is 0.645. The summed E-state index contributed by atoms with van der Waals surface area (Å²) in [5.74, 6) is 2.62. The molecule has 1 aromatic rings. The zero-order chi connectivity index (χ0) is 9.84. The van der Waals surface area contributed by atoms with E-state index in [2.05, 4.69) is 23.1 Å². The molecule has 1 atom stereocenters. The van der Waals surface area contributed by atoms with Gasteiger partial charge in [-0.2, -0.15) is 0 Å². The fraction of sp³-hybridized carbons (Fsp3) is 0.500. The quantitative estimate of drug-likeness (QED) is 0.743. The maximum absolute atomic E-state index is 5.24. The van der Waals surface area contributed by atoms with Crippen LogP contribution in [0.15, 0.2) is 0 Å². The van der Waals surface area contributed by atoms with Crippen LogP contribution in [-0.2, 0) is 6.54 Å². The summed E-state index contributed by atoms with van der Waals surface area (Å²) >= 11 is 1.72. The Labute approximate surface area is 83.4 Å². The van der Waals surface area contributed by atoms with E-state index in [-0.39, 0.29) is 6.04 Å². The summed E-state index contributed by atoms with van der Waals surface area (Å²) in [5, 5.41) is 4.31. The second kappa shape index (κ2) is 4.40. The van der Waals surface area contributed by atoms with Gasteiger partial charge in [0, 0.05) is 11.4 Å². The van der Waals surface area contributed by atoms with Crippen molar-refractivity contribution in [1.82, 2.24) is 10.3 Å². The second-order valence-corrected chi connectivity index (χ2v) is 4.31. The topological polar surface area (TPSA) is 24.9 Å². The molecule has 1 N–H and O–H groups in total. The van der Waals surface area contributed by atoms with Crippen molar-refractivity contribution in [3.63, 3.8) is 0 Å². The minimum atomic E-state index is 0.115. The Morgan fingerprint density at radius 1 is 1.62 bits per heavy atom. The molecule has 13 heavy (non-hydrogen) atoms. The number of thiazole rings is 1. The number of hydrogen-bond donors (Lipinski definition) is 1. The molecule has 1 heterocycles. The smallest absolute Gasteiger partial charge is 0.107 e. The van der Waals surface area contributed by atoms with Gasteiger partial charge >= 0.3 is 0 Å². The van der Waals surface area contributed by atoms with Gasteiger partial charge in [-0.1, -0.05) is 5.92 Å². The molecule has 0 amide bonds. The van der Waals surface area contributed by atoms with Gasteiger partial charge in [0.25, 0.3) is 0 Å². The van der Waals surface area contributed by atoms with Crippen molar-refractivity contribution in [2.75, 3.05) is 0 Å². The first-order chi connectivity index (χ1) is 6.13. The molecule has 0 fully saturated rings. The van der Waals surface area contributed by atoms with Crippen molar-refractivity contribution in [1.29, 1.82) is 0 Å². The number of terminal acetylenes is 1. The lowest BCUT2D eigenvalue weighted by Gasteiger charge is -2.03. The normalized spacial score (nSPS) is 12.5. The van der Waals surface area contributed by atoms with Crippen molar-refractivity contribution in [3.05, 3.63) is 15.6 Å². The highest BCUT2D eigenvalue weighted by Gasteiger charge is 2.03. The van der Waals surface area contributed by atoms with Crippen LogP contribution >= 0.6 is 11.3 Å². The number of rotatable bonds is 3. The maximum atomic E-state index is 5.24. The van der Waals surface area contributed by atoms with E-state index in [1.165, 1.54) is 4.88 Å². The predicted octanol–water partition coefficient (Wildman–Crippen LogP) is 1.87. The van der Waals surface area contributed by atoms with E-state index in [0.717, 1.165) is 17.2 Å². The van der Waals surface area contributed by atoms with Gasteiger partial charge in [0.1, 0.15) is 5.01 Å².